The summed E-state index contributed by atoms with van der Waals surface area (Å²) >= 11 is 1.79. The lowest BCUT2D eigenvalue weighted by Crippen LogP contribution is -2.40. The smallest absolute Gasteiger partial charge is 0.332 e. The molecule has 0 radical (unpaired) electrons. The van der Waals surface area contributed by atoms with Crippen LogP contribution in [0, 0.1) is 11.3 Å². The van der Waals surface area contributed by atoms with E-state index < -0.39 is 11.2 Å². The highest BCUT2D eigenvalue weighted by Crippen LogP contribution is 2.51. The van der Waals surface area contributed by atoms with Crippen LogP contribution >= 0.6 is 11.8 Å². The number of nitrogens with one attached hydrogen (secondary N) is 1. The Hall–Kier alpha value is -2.46. The van der Waals surface area contributed by atoms with Gasteiger partial charge in [0.05, 0.1) is 0 Å². The van der Waals surface area contributed by atoms with E-state index in [1.54, 1.807) is 18.8 Å². The Morgan fingerprint density at radius 3 is 2.46 bits per heavy atom. The van der Waals surface area contributed by atoms with Gasteiger partial charge in [-0.05, 0) is 25.0 Å². The van der Waals surface area contributed by atoms with Crippen molar-refractivity contribution < 1.29 is 0 Å². The van der Waals surface area contributed by atoms with Crippen LogP contribution in [0.2, 0.25) is 0 Å². The second kappa shape index (κ2) is 6.21. The Labute approximate surface area is 143 Å². The summed E-state index contributed by atoms with van der Waals surface area (Å²) in [6.07, 6.45) is 2.11. The van der Waals surface area contributed by atoms with Gasteiger partial charge in [0.25, 0.3) is 5.56 Å². The van der Waals surface area contributed by atoms with Crippen molar-refractivity contribution in [1.82, 2.24) is 9.13 Å². The van der Waals surface area contributed by atoms with Gasteiger partial charge in [-0.2, -0.15) is 5.26 Å². The molecule has 1 aliphatic carbocycles. The molecule has 0 spiro atoms. The summed E-state index contributed by atoms with van der Waals surface area (Å²) in [5, 5.41) is 12.5. The number of rotatable bonds is 5. The Bertz CT molecular complexity index is 921. The molecule has 1 N–H and O–H groups in total. The second-order valence-electron chi connectivity index (χ2n) is 5.99. The van der Waals surface area contributed by atoms with E-state index in [4.69, 9.17) is 0 Å². The Morgan fingerprint density at radius 1 is 1.21 bits per heavy atom. The van der Waals surface area contributed by atoms with Crippen LogP contribution in [0.3, 0.4) is 0 Å². The van der Waals surface area contributed by atoms with Crippen molar-refractivity contribution in [3.63, 3.8) is 0 Å². The van der Waals surface area contributed by atoms with Crippen LogP contribution in [-0.2, 0) is 14.1 Å². The molecule has 1 aromatic carbocycles. The van der Waals surface area contributed by atoms with Gasteiger partial charge in [0.2, 0.25) is 0 Å². The minimum Gasteiger partial charge on any atom is -0.369 e. The van der Waals surface area contributed by atoms with Crippen LogP contribution in [0.25, 0.3) is 0 Å². The number of nitrogens with zero attached hydrogens (tertiary/aromatic N) is 3. The van der Waals surface area contributed by atoms with Crippen LogP contribution in [0.15, 0.2) is 44.8 Å². The summed E-state index contributed by atoms with van der Waals surface area (Å²) in [7, 11) is 2.94. The molecule has 6 nitrogen and oxygen atoms in total. The summed E-state index contributed by atoms with van der Waals surface area (Å²) < 4.78 is 2.32. The van der Waals surface area contributed by atoms with E-state index in [-0.39, 0.29) is 10.3 Å². The predicted molar refractivity (Wildman–Crippen MR) is 94.4 cm³/mol. The van der Waals surface area contributed by atoms with Gasteiger partial charge in [0, 0.05) is 30.3 Å². The van der Waals surface area contributed by atoms with E-state index in [0.29, 0.717) is 12.4 Å². The second-order valence-corrected chi connectivity index (χ2v) is 7.53. The molecule has 24 heavy (non-hydrogen) atoms. The lowest BCUT2D eigenvalue weighted by molar-refractivity contribution is 0.684. The van der Waals surface area contributed by atoms with E-state index >= 15 is 0 Å². The standard InChI is InChI=1S/C17H18N4O2S/c1-20-14(13(10-18)15(22)21(2)16(20)23)19-11-17(8-9-17)24-12-6-4-3-5-7-12/h3-7,19H,8-9,11H2,1-2H3. The number of anilines is 1. The molecule has 0 aliphatic heterocycles. The molecule has 1 aromatic heterocycles. The van der Waals surface area contributed by atoms with Gasteiger partial charge in [-0.25, -0.2) is 4.79 Å². The van der Waals surface area contributed by atoms with Gasteiger partial charge >= 0.3 is 5.69 Å². The van der Waals surface area contributed by atoms with Gasteiger partial charge in [-0.15, -0.1) is 11.8 Å². The predicted octanol–water partition coefficient (Wildman–Crippen LogP) is 1.69. The zero-order chi connectivity index (χ0) is 17.3. The molecule has 3 rings (SSSR count). The van der Waals surface area contributed by atoms with Gasteiger partial charge < -0.3 is 5.32 Å². The third-order valence-electron chi connectivity index (χ3n) is 4.24. The molecule has 0 unspecified atom stereocenters. The average molecular weight is 342 g/mol. The number of aromatic nitrogens is 2. The Kier molecular flexibility index (Phi) is 4.24. The molecule has 1 saturated carbocycles. The molecule has 2 aromatic rings. The zero-order valence-corrected chi connectivity index (χ0v) is 14.4. The van der Waals surface area contributed by atoms with Crippen molar-refractivity contribution >= 4 is 17.6 Å². The summed E-state index contributed by atoms with van der Waals surface area (Å²) in [5.41, 5.74) is -1.04. The molecule has 7 heteroatoms. The summed E-state index contributed by atoms with van der Waals surface area (Å²) in [4.78, 5) is 25.4. The highest BCUT2D eigenvalue weighted by Gasteiger charge is 2.43. The van der Waals surface area contributed by atoms with Crippen molar-refractivity contribution in [3.8, 4) is 6.07 Å². The van der Waals surface area contributed by atoms with E-state index in [1.807, 2.05) is 24.3 Å². The minimum atomic E-state index is -0.566. The zero-order valence-electron chi connectivity index (χ0n) is 13.6. The first-order chi connectivity index (χ1) is 11.5. The maximum absolute atomic E-state index is 12.1. The van der Waals surface area contributed by atoms with Crippen LogP contribution in [-0.4, -0.2) is 20.4 Å². The molecule has 1 fully saturated rings. The van der Waals surface area contributed by atoms with Gasteiger partial charge in [-0.1, -0.05) is 18.2 Å². The van der Waals surface area contributed by atoms with Gasteiger partial charge in [0.15, 0.2) is 5.56 Å². The lowest BCUT2D eigenvalue weighted by Gasteiger charge is -2.19. The first kappa shape index (κ1) is 16.4. The molecule has 0 atom stereocenters. The summed E-state index contributed by atoms with van der Waals surface area (Å²) in [6.45, 7) is 0.599. The topological polar surface area (TPSA) is 79.8 Å². The molecule has 1 aliphatic rings. The monoisotopic (exact) mass is 342 g/mol. The number of hydrogen-bond donors (Lipinski definition) is 1. The van der Waals surface area contributed by atoms with Crippen molar-refractivity contribution in [1.29, 1.82) is 5.26 Å². The molecule has 0 amide bonds. The quantitative estimate of drug-likeness (QED) is 0.894. The van der Waals surface area contributed by atoms with Crippen molar-refractivity contribution in [2.45, 2.75) is 22.5 Å². The Morgan fingerprint density at radius 2 is 1.88 bits per heavy atom. The van der Waals surface area contributed by atoms with Crippen LogP contribution < -0.4 is 16.6 Å². The molecule has 0 bridgehead atoms. The molecular formula is C17H18N4O2S. The normalized spacial score (nSPS) is 14.9. The lowest BCUT2D eigenvalue weighted by atomic mass is 10.3. The van der Waals surface area contributed by atoms with Crippen molar-refractivity contribution in [2.24, 2.45) is 14.1 Å². The Balaban J connectivity index is 1.84. The third kappa shape index (κ3) is 2.97. The first-order valence-corrected chi connectivity index (χ1v) is 8.47. The highest BCUT2D eigenvalue weighted by molar-refractivity contribution is 8.01. The number of hydrogen-bond acceptors (Lipinski definition) is 5. The maximum Gasteiger partial charge on any atom is 0.332 e. The molecular weight excluding hydrogens is 324 g/mol. The largest absolute Gasteiger partial charge is 0.369 e. The summed E-state index contributed by atoms with van der Waals surface area (Å²) in [6, 6.07) is 12.0. The molecule has 124 valence electrons. The third-order valence-corrected chi connectivity index (χ3v) is 5.73. The van der Waals surface area contributed by atoms with Crippen LogP contribution in [0.4, 0.5) is 5.82 Å². The fraction of sp³-hybridized carbons (Fsp3) is 0.353. The highest BCUT2D eigenvalue weighted by atomic mass is 32.2. The summed E-state index contributed by atoms with van der Waals surface area (Å²) in [5.74, 6) is 0.297. The van der Waals surface area contributed by atoms with E-state index in [1.165, 1.54) is 16.5 Å². The molecule has 1 heterocycles. The average Bonchev–Trinajstić information content (AvgIpc) is 3.35. The number of nitriles is 1. The van der Waals surface area contributed by atoms with Crippen molar-refractivity contribution in [2.75, 3.05) is 11.9 Å². The van der Waals surface area contributed by atoms with Crippen LogP contribution in [0.5, 0.6) is 0 Å². The van der Waals surface area contributed by atoms with Gasteiger partial charge in [-0.3, -0.25) is 13.9 Å². The number of thioether (sulfide) groups is 1. The van der Waals surface area contributed by atoms with E-state index in [2.05, 4.69) is 17.4 Å². The SMILES string of the molecule is Cn1c(NCC2(Sc3ccccc3)CC2)c(C#N)c(=O)n(C)c1=O. The number of benzene rings is 1. The van der Waals surface area contributed by atoms with Crippen LogP contribution in [0.1, 0.15) is 18.4 Å². The van der Waals surface area contributed by atoms with Gasteiger partial charge in [0.1, 0.15) is 11.9 Å². The van der Waals surface area contributed by atoms with Crippen molar-refractivity contribution in [3.05, 3.63) is 56.7 Å². The minimum absolute atomic E-state index is 0.0277. The fourth-order valence-electron chi connectivity index (χ4n) is 2.59. The van der Waals surface area contributed by atoms with E-state index in [9.17, 15) is 14.9 Å². The van der Waals surface area contributed by atoms with E-state index in [0.717, 1.165) is 17.4 Å². The maximum atomic E-state index is 12.1. The molecule has 0 saturated heterocycles. The fourth-order valence-corrected chi connectivity index (χ4v) is 3.83. The first-order valence-electron chi connectivity index (χ1n) is 7.65.